The Labute approximate surface area is 169 Å². The third kappa shape index (κ3) is 3.96. The van der Waals surface area contributed by atoms with Gasteiger partial charge in [0.05, 0.1) is 11.2 Å². The Balaban J connectivity index is 0.000000516. The maximum atomic E-state index is 9.57. The third-order valence-electron chi connectivity index (χ3n) is 4.91. The number of phenols is 1. The van der Waals surface area contributed by atoms with E-state index in [4.69, 9.17) is 21.9 Å². The number of aromatic nitrogens is 1. The van der Waals surface area contributed by atoms with E-state index in [-0.39, 0.29) is 12.5 Å². The summed E-state index contributed by atoms with van der Waals surface area (Å²) in [6.45, 7) is 0.184. The van der Waals surface area contributed by atoms with Gasteiger partial charge in [-0.25, -0.2) is 4.98 Å². The van der Waals surface area contributed by atoms with Crippen LogP contribution in [0.2, 0.25) is 0 Å². The number of aryl methyl sites for hydroxylation is 1. The Morgan fingerprint density at radius 2 is 1.75 bits per heavy atom. The van der Waals surface area contributed by atoms with Gasteiger partial charge in [0, 0.05) is 28.4 Å². The van der Waals surface area contributed by atoms with E-state index in [1.54, 1.807) is 12.1 Å². The van der Waals surface area contributed by atoms with Crippen molar-refractivity contribution in [3.63, 3.8) is 0 Å². The first-order chi connectivity index (χ1) is 13.6. The predicted octanol–water partition coefficient (Wildman–Crippen LogP) is 3.83. The van der Waals surface area contributed by atoms with Crippen LogP contribution >= 0.6 is 12.9 Å². The van der Waals surface area contributed by atoms with Crippen LogP contribution in [0.4, 0.5) is 5.69 Å². The summed E-state index contributed by atoms with van der Waals surface area (Å²) in [7, 11) is 0. The normalized spacial score (nSPS) is 12.8. The molecule has 0 bridgehead atoms. The Hall–Kier alpha value is -2.61. The molecular weight excluding hydrogens is 372 g/mol. The van der Waals surface area contributed by atoms with Crippen molar-refractivity contribution in [3.8, 4) is 17.0 Å². The molecule has 4 rings (SSSR count). The van der Waals surface area contributed by atoms with Crippen molar-refractivity contribution in [3.05, 3.63) is 53.1 Å². The average molecular weight is 397 g/mol. The molecular formula is C21H24N4O2S. The van der Waals surface area contributed by atoms with E-state index < -0.39 is 0 Å². The van der Waals surface area contributed by atoms with Gasteiger partial charge in [-0.1, -0.05) is 6.07 Å². The number of thiol groups is 1. The minimum atomic E-state index is 0.184. The van der Waals surface area contributed by atoms with Crippen molar-refractivity contribution in [1.82, 2.24) is 4.98 Å². The van der Waals surface area contributed by atoms with Crippen LogP contribution in [0.5, 0.6) is 5.75 Å². The van der Waals surface area contributed by atoms with Crippen molar-refractivity contribution < 1.29 is 9.29 Å². The lowest BCUT2D eigenvalue weighted by Crippen LogP contribution is -2.09. The predicted molar refractivity (Wildman–Crippen MR) is 117 cm³/mol. The highest BCUT2D eigenvalue weighted by molar-refractivity contribution is 7.75. The number of nitrogens with zero attached hydrogens (tertiary/aromatic N) is 1. The van der Waals surface area contributed by atoms with Crippen molar-refractivity contribution >= 4 is 35.7 Å². The van der Waals surface area contributed by atoms with Crippen LogP contribution in [0, 0.1) is 5.41 Å². The lowest BCUT2D eigenvalue weighted by atomic mass is 9.85. The van der Waals surface area contributed by atoms with E-state index in [1.165, 1.54) is 23.8 Å². The highest BCUT2D eigenvalue weighted by Crippen LogP contribution is 2.37. The fourth-order valence-electron chi connectivity index (χ4n) is 3.64. The largest absolute Gasteiger partial charge is 0.508 e. The molecule has 146 valence electrons. The summed E-state index contributed by atoms with van der Waals surface area (Å²) in [4.78, 5) is 4.91. The van der Waals surface area contributed by atoms with Crippen molar-refractivity contribution in [2.24, 2.45) is 5.73 Å². The number of rotatable bonds is 3. The minimum Gasteiger partial charge on any atom is -0.508 e. The molecule has 6 nitrogen and oxygen atoms in total. The lowest BCUT2D eigenvalue weighted by Gasteiger charge is -2.22. The number of aromatic hydroxyl groups is 1. The number of hydrogen-bond acceptors (Lipinski definition) is 7. The fourth-order valence-corrected chi connectivity index (χ4v) is 3.64. The Morgan fingerprint density at radius 3 is 2.36 bits per heavy atom. The number of fused-ring (bicyclic) bond motifs is 3. The zero-order valence-electron chi connectivity index (χ0n) is 15.5. The highest BCUT2D eigenvalue weighted by atomic mass is 32.1. The van der Waals surface area contributed by atoms with Gasteiger partial charge in [0.1, 0.15) is 12.5 Å². The Bertz CT molecular complexity index is 988. The maximum absolute atomic E-state index is 9.57. The molecule has 6 N–H and O–H groups in total. The van der Waals surface area contributed by atoms with E-state index in [1.807, 2.05) is 24.3 Å². The number of anilines is 1. The van der Waals surface area contributed by atoms with Gasteiger partial charge in [-0.2, -0.15) is 0 Å². The number of benzene rings is 2. The molecule has 0 saturated heterocycles. The van der Waals surface area contributed by atoms with Crippen molar-refractivity contribution in [2.75, 3.05) is 12.5 Å². The minimum absolute atomic E-state index is 0.184. The van der Waals surface area contributed by atoms with Gasteiger partial charge in [0.2, 0.25) is 0 Å². The zero-order chi connectivity index (χ0) is 20.1. The summed E-state index contributed by atoms with van der Waals surface area (Å²) < 4.78 is 4.01. The molecule has 0 saturated carbocycles. The molecule has 7 heteroatoms. The van der Waals surface area contributed by atoms with Gasteiger partial charge in [-0.05, 0) is 80.1 Å². The smallest absolute Gasteiger partial charge is 0.115 e. The van der Waals surface area contributed by atoms with Gasteiger partial charge in [0.25, 0.3) is 0 Å². The molecule has 0 aliphatic heterocycles. The molecule has 2 aromatic carbocycles. The summed E-state index contributed by atoms with van der Waals surface area (Å²) in [5, 5.41) is 18.4. The molecule has 0 atom stereocenters. The van der Waals surface area contributed by atoms with Crippen molar-refractivity contribution in [1.29, 1.82) is 5.41 Å². The third-order valence-corrected chi connectivity index (χ3v) is 5.06. The summed E-state index contributed by atoms with van der Waals surface area (Å²) in [6.07, 6.45) is 5.67. The maximum Gasteiger partial charge on any atom is 0.115 e. The monoisotopic (exact) mass is 396 g/mol. The summed E-state index contributed by atoms with van der Waals surface area (Å²) in [5.41, 5.74) is 17.4. The van der Waals surface area contributed by atoms with Gasteiger partial charge in [-0.3, -0.25) is 0 Å². The highest BCUT2D eigenvalue weighted by Gasteiger charge is 2.20. The molecule has 28 heavy (non-hydrogen) atoms. The Kier molecular flexibility index (Phi) is 6.51. The van der Waals surface area contributed by atoms with Gasteiger partial charge >= 0.3 is 0 Å². The quantitative estimate of drug-likeness (QED) is 0.152. The molecule has 1 aliphatic carbocycles. The van der Waals surface area contributed by atoms with Crippen LogP contribution in [0.1, 0.15) is 29.5 Å². The summed E-state index contributed by atoms with van der Waals surface area (Å²) >= 11 is 3.30. The summed E-state index contributed by atoms with van der Waals surface area (Å²) in [6, 6.07) is 11.1. The number of nitrogens with one attached hydrogen (secondary N) is 1. The molecule has 3 aromatic rings. The molecule has 1 heterocycles. The fraction of sp³-hybridized carbons (Fsp3) is 0.238. The second-order valence-corrected chi connectivity index (χ2v) is 6.83. The molecule has 1 aliphatic rings. The molecule has 1 aromatic heterocycles. The second-order valence-electron chi connectivity index (χ2n) is 6.58. The summed E-state index contributed by atoms with van der Waals surface area (Å²) in [5.74, 6) is 0.248. The number of hydrogen-bond donors (Lipinski definition) is 5. The van der Waals surface area contributed by atoms with Crippen LogP contribution in [-0.4, -0.2) is 23.0 Å². The Morgan fingerprint density at radius 1 is 1.11 bits per heavy atom. The SMILES string of the molecule is N=Cc1c(N)ccc2c3c(c(-c4ccc(O)cc4)nc12)CCCC3.NCOS. The van der Waals surface area contributed by atoms with Gasteiger partial charge in [0.15, 0.2) is 0 Å². The van der Waals surface area contributed by atoms with Crippen LogP contribution in [-0.2, 0) is 17.0 Å². The molecule has 0 radical (unpaired) electrons. The van der Waals surface area contributed by atoms with E-state index >= 15 is 0 Å². The molecule has 0 fully saturated rings. The average Bonchev–Trinajstić information content (AvgIpc) is 2.74. The zero-order valence-corrected chi connectivity index (χ0v) is 16.4. The first-order valence-corrected chi connectivity index (χ1v) is 9.47. The van der Waals surface area contributed by atoms with Gasteiger partial charge < -0.3 is 26.2 Å². The molecule has 0 spiro atoms. The lowest BCUT2D eigenvalue weighted by molar-refractivity contribution is 0.397. The van der Waals surface area contributed by atoms with Crippen molar-refractivity contribution in [2.45, 2.75) is 25.7 Å². The number of nitrogens with two attached hydrogens (primary N) is 2. The number of nitrogen functional groups attached to an aromatic ring is 1. The van der Waals surface area contributed by atoms with E-state index in [0.717, 1.165) is 41.4 Å². The van der Waals surface area contributed by atoms with E-state index in [2.05, 4.69) is 17.1 Å². The van der Waals surface area contributed by atoms with E-state index in [9.17, 15) is 5.11 Å². The number of phenolic OH excluding ortho intramolecular Hbond substituents is 1. The first-order valence-electron chi connectivity index (χ1n) is 9.11. The van der Waals surface area contributed by atoms with Gasteiger partial charge in [-0.15, -0.1) is 0 Å². The van der Waals surface area contributed by atoms with E-state index in [0.29, 0.717) is 11.3 Å². The standard InChI is InChI=1S/C20H19N3O.CH5NOS/c21-11-17-18(22)10-9-16-14-3-1-2-4-15(14)19(23-20(16)17)12-5-7-13(24)8-6-12;2-1-3-4/h5-11,21,24H,1-4,22H2;4H,1-2H2. The van der Waals surface area contributed by atoms with Crippen LogP contribution < -0.4 is 11.5 Å². The van der Waals surface area contributed by atoms with Crippen LogP contribution in [0.25, 0.3) is 22.2 Å². The second kappa shape index (κ2) is 9.05. The van der Waals surface area contributed by atoms with Crippen LogP contribution in [0.15, 0.2) is 36.4 Å². The molecule has 0 unspecified atom stereocenters. The number of pyridine rings is 1. The topological polar surface area (TPSA) is 118 Å². The molecule has 0 amide bonds. The first kappa shape index (κ1) is 20.1. The van der Waals surface area contributed by atoms with Crippen LogP contribution in [0.3, 0.4) is 0 Å².